The summed E-state index contributed by atoms with van der Waals surface area (Å²) in [5, 5.41) is 1.93. The standard InChI is InChI=1S/C3H3NS.2C2H6/c1-2-5-3-4-1;2*1-2/h1-3H;2*1-2H3. The number of thiazole rings is 1. The first-order valence-electron chi connectivity index (χ1n) is 3.32. The van der Waals surface area contributed by atoms with Crippen molar-refractivity contribution >= 4 is 11.3 Å². The number of hydrogen-bond acceptors (Lipinski definition) is 2. The zero-order valence-corrected chi connectivity index (χ0v) is 7.40. The fourth-order valence-corrected chi connectivity index (χ4v) is 0.527. The predicted molar refractivity (Wildman–Crippen MR) is 44.8 cm³/mol. The quantitative estimate of drug-likeness (QED) is 0.546. The Kier molecular flexibility index (Phi) is 19.9. The highest BCUT2D eigenvalue weighted by molar-refractivity contribution is 7.07. The molecule has 0 unspecified atom stereocenters. The van der Waals surface area contributed by atoms with Crippen LogP contribution in [0.1, 0.15) is 27.7 Å². The van der Waals surface area contributed by atoms with Crippen molar-refractivity contribution in [2.75, 3.05) is 0 Å². The van der Waals surface area contributed by atoms with Crippen molar-refractivity contribution < 1.29 is 0 Å². The second-order valence-electron chi connectivity index (χ2n) is 0.676. The van der Waals surface area contributed by atoms with Crippen molar-refractivity contribution in [2.24, 2.45) is 0 Å². The molecule has 1 heterocycles. The van der Waals surface area contributed by atoms with Crippen molar-refractivity contribution in [1.29, 1.82) is 0 Å². The highest BCUT2D eigenvalue weighted by atomic mass is 32.1. The van der Waals surface area contributed by atoms with Crippen molar-refractivity contribution in [3.8, 4) is 0 Å². The van der Waals surface area contributed by atoms with Crippen LogP contribution in [0.4, 0.5) is 0 Å². The molecule has 0 bridgehead atoms. The van der Waals surface area contributed by atoms with E-state index in [9.17, 15) is 0 Å². The highest BCUT2D eigenvalue weighted by Crippen LogP contribution is 1.85. The van der Waals surface area contributed by atoms with Gasteiger partial charge in [-0.25, -0.2) is 0 Å². The Morgan fingerprint density at radius 2 is 1.67 bits per heavy atom. The molecular formula is C7H15NS. The molecule has 1 aromatic heterocycles. The van der Waals surface area contributed by atoms with Gasteiger partial charge in [0.15, 0.2) is 0 Å². The minimum absolute atomic E-state index is 1.60. The van der Waals surface area contributed by atoms with Gasteiger partial charge in [-0.1, -0.05) is 27.7 Å². The molecule has 9 heavy (non-hydrogen) atoms. The van der Waals surface area contributed by atoms with E-state index in [1.807, 2.05) is 33.1 Å². The topological polar surface area (TPSA) is 12.9 Å². The molecule has 2 heteroatoms. The van der Waals surface area contributed by atoms with E-state index in [2.05, 4.69) is 4.98 Å². The molecule has 0 aliphatic carbocycles. The molecule has 0 aromatic carbocycles. The van der Waals surface area contributed by atoms with Crippen LogP contribution >= 0.6 is 11.3 Å². The number of nitrogens with zero attached hydrogens (tertiary/aromatic N) is 1. The van der Waals surface area contributed by atoms with E-state index in [-0.39, 0.29) is 0 Å². The average Bonchev–Trinajstić information content (AvgIpc) is 2.51. The number of rotatable bonds is 0. The lowest BCUT2D eigenvalue weighted by molar-refractivity contribution is 1.43. The van der Waals surface area contributed by atoms with Crippen LogP contribution in [-0.2, 0) is 0 Å². The largest absolute Gasteiger partial charge is 0.253 e. The summed E-state index contributed by atoms with van der Waals surface area (Å²) in [5.41, 5.74) is 1.79. The maximum Gasteiger partial charge on any atom is 0.0791 e. The average molecular weight is 145 g/mol. The molecular weight excluding hydrogens is 130 g/mol. The van der Waals surface area contributed by atoms with Crippen LogP contribution in [0.3, 0.4) is 0 Å². The Balaban J connectivity index is 0. The van der Waals surface area contributed by atoms with Gasteiger partial charge < -0.3 is 0 Å². The summed E-state index contributed by atoms with van der Waals surface area (Å²) in [5.74, 6) is 0. The van der Waals surface area contributed by atoms with Gasteiger partial charge in [-0.2, -0.15) is 0 Å². The monoisotopic (exact) mass is 145 g/mol. The van der Waals surface area contributed by atoms with E-state index in [4.69, 9.17) is 0 Å². The van der Waals surface area contributed by atoms with E-state index < -0.39 is 0 Å². The Morgan fingerprint density at radius 1 is 1.11 bits per heavy atom. The first-order valence-corrected chi connectivity index (χ1v) is 4.26. The van der Waals surface area contributed by atoms with Gasteiger partial charge >= 0.3 is 0 Å². The fraction of sp³-hybridized carbons (Fsp3) is 0.571. The summed E-state index contributed by atoms with van der Waals surface area (Å²) < 4.78 is 0. The van der Waals surface area contributed by atoms with Crippen LogP contribution in [0, 0.1) is 0 Å². The third-order valence-corrected chi connectivity index (χ3v) is 0.869. The molecule has 0 atom stereocenters. The SMILES string of the molecule is CC.CC.c1cscn1. The van der Waals surface area contributed by atoms with Crippen LogP contribution < -0.4 is 0 Å². The van der Waals surface area contributed by atoms with Crippen molar-refractivity contribution in [1.82, 2.24) is 4.98 Å². The molecule has 1 aromatic rings. The van der Waals surface area contributed by atoms with Gasteiger partial charge in [-0.3, -0.25) is 4.98 Å². The summed E-state index contributed by atoms with van der Waals surface area (Å²) in [7, 11) is 0. The number of hydrogen-bond donors (Lipinski definition) is 0. The van der Waals surface area contributed by atoms with Gasteiger partial charge in [0.05, 0.1) is 5.51 Å². The van der Waals surface area contributed by atoms with Crippen LogP contribution in [0.25, 0.3) is 0 Å². The van der Waals surface area contributed by atoms with Gasteiger partial charge in [0, 0.05) is 11.6 Å². The smallest absolute Gasteiger partial charge is 0.0791 e. The van der Waals surface area contributed by atoms with Gasteiger partial charge in [-0.15, -0.1) is 11.3 Å². The summed E-state index contributed by atoms with van der Waals surface area (Å²) in [6.07, 6.45) is 1.77. The maximum atomic E-state index is 3.74. The normalized spacial score (nSPS) is 5.78. The van der Waals surface area contributed by atoms with Gasteiger partial charge in [0.25, 0.3) is 0 Å². The molecule has 0 spiro atoms. The zero-order chi connectivity index (χ0) is 7.54. The molecule has 0 radical (unpaired) electrons. The fourth-order valence-electron chi connectivity index (χ4n) is 0.176. The minimum atomic E-state index is 1.60. The molecule has 1 nitrogen and oxygen atoms in total. The Morgan fingerprint density at radius 3 is 1.78 bits per heavy atom. The van der Waals surface area contributed by atoms with Crippen LogP contribution in [0.5, 0.6) is 0 Å². The summed E-state index contributed by atoms with van der Waals surface area (Å²) >= 11 is 1.60. The molecule has 54 valence electrons. The van der Waals surface area contributed by atoms with Crippen LogP contribution in [-0.4, -0.2) is 4.98 Å². The summed E-state index contributed by atoms with van der Waals surface area (Å²) in [6.45, 7) is 8.00. The second kappa shape index (κ2) is 15.6. The van der Waals surface area contributed by atoms with Crippen LogP contribution in [0.2, 0.25) is 0 Å². The van der Waals surface area contributed by atoms with E-state index in [1.165, 1.54) is 0 Å². The van der Waals surface area contributed by atoms with Crippen LogP contribution in [0.15, 0.2) is 17.1 Å². The van der Waals surface area contributed by atoms with Gasteiger partial charge in [-0.05, 0) is 0 Å². The molecule has 0 aliphatic rings. The molecule has 0 N–H and O–H groups in total. The maximum absolute atomic E-state index is 3.74. The summed E-state index contributed by atoms with van der Waals surface area (Å²) in [6, 6.07) is 0. The first kappa shape index (κ1) is 11.4. The Hall–Kier alpha value is -0.370. The Bertz CT molecular complexity index is 65.4. The van der Waals surface area contributed by atoms with E-state index >= 15 is 0 Å². The lowest BCUT2D eigenvalue weighted by atomic mass is 11.0. The van der Waals surface area contributed by atoms with Crippen molar-refractivity contribution in [3.63, 3.8) is 0 Å². The van der Waals surface area contributed by atoms with Crippen molar-refractivity contribution in [2.45, 2.75) is 27.7 Å². The molecule has 0 amide bonds. The molecule has 0 aliphatic heterocycles. The Labute approximate surface area is 61.8 Å². The lowest BCUT2D eigenvalue weighted by Gasteiger charge is -1.41. The van der Waals surface area contributed by atoms with Crippen molar-refractivity contribution in [3.05, 3.63) is 17.1 Å². The zero-order valence-electron chi connectivity index (χ0n) is 6.59. The highest BCUT2D eigenvalue weighted by Gasteiger charge is 1.59. The molecule has 0 fully saturated rings. The van der Waals surface area contributed by atoms with E-state index in [0.29, 0.717) is 0 Å². The third kappa shape index (κ3) is 11.3. The first-order chi connectivity index (χ1) is 4.50. The third-order valence-electron chi connectivity index (χ3n) is 0.347. The van der Waals surface area contributed by atoms with E-state index in [1.54, 1.807) is 23.0 Å². The predicted octanol–water partition coefficient (Wildman–Crippen LogP) is 3.20. The molecule has 0 saturated carbocycles. The lowest BCUT2D eigenvalue weighted by Crippen LogP contribution is -1.38. The summed E-state index contributed by atoms with van der Waals surface area (Å²) in [4.78, 5) is 3.74. The van der Waals surface area contributed by atoms with E-state index in [0.717, 1.165) is 0 Å². The molecule has 0 saturated heterocycles. The van der Waals surface area contributed by atoms with Gasteiger partial charge in [0.2, 0.25) is 0 Å². The minimum Gasteiger partial charge on any atom is -0.253 e. The second-order valence-corrected chi connectivity index (χ2v) is 1.43. The van der Waals surface area contributed by atoms with Gasteiger partial charge in [0.1, 0.15) is 0 Å². The molecule has 1 rings (SSSR count). The number of aromatic nitrogens is 1.